The monoisotopic (exact) mass is 487 g/mol. The lowest BCUT2D eigenvalue weighted by Gasteiger charge is -2.20. The van der Waals surface area contributed by atoms with Gasteiger partial charge in [-0.3, -0.25) is 19.1 Å². The summed E-state index contributed by atoms with van der Waals surface area (Å²) < 4.78 is 15.5. The Morgan fingerprint density at radius 3 is 2.55 bits per heavy atom. The predicted molar refractivity (Wildman–Crippen MR) is 124 cm³/mol. The summed E-state index contributed by atoms with van der Waals surface area (Å²) in [5.41, 5.74) is 0.687. The first-order valence-corrected chi connectivity index (χ1v) is 11.2. The number of nitrogens with one attached hydrogen (secondary N) is 1. The highest BCUT2D eigenvalue weighted by atomic mass is 35.5. The molecule has 2 aliphatic rings. The minimum absolute atomic E-state index is 0.0746. The van der Waals surface area contributed by atoms with Crippen LogP contribution in [0.15, 0.2) is 47.5 Å². The van der Waals surface area contributed by atoms with Crippen LogP contribution in [0.2, 0.25) is 10.0 Å². The Morgan fingerprint density at radius 1 is 1.18 bits per heavy atom. The molecule has 2 fully saturated rings. The Kier molecular flexibility index (Phi) is 5.58. The molecule has 5 rings (SSSR count). The van der Waals surface area contributed by atoms with Gasteiger partial charge in [-0.15, -0.1) is 0 Å². The van der Waals surface area contributed by atoms with E-state index in [1.165, 1.54) is 22.9 Å². The van der Waals surface area contributed by atoms with Crippen molar-refractivity contribution in [3.05, 3.63) is 74.5 Å². The number of likely N-dealkylation sites (tertiary alicyclic amines) is 1. The van der Waals surface area contributed by atoms with Crippen LogP contribution in [-0.2, 0) is 7.05 Å². The average molecular weight is 488 g/mol. The van der Waals surface area contributed by atoms with Crippen LogP contribution in [0.4, 0.5) is 10.3 Å². The van der Waals surface area contributed by atoms with Crippen molar-refractivity contribution in [2.75, 3.05) is 25.0 Å². The van der Waals surface area contributed by atoms with Crippen molar-refractivity contribution in [3.63, 3.8) is 0 Å². The van der Waals surface area contributed by atoms with E-state index in [-0.39, 0.29) is 22.7 Å². The SMILES string of the molecule is Cn1c(NCC2C3CN(C(=O)c4cc(Cl)cc(Cl)c4)CC23)nc(-c2ccncc2F)cc1=O. The lowest BCUT2D eigenvalue weighted by Crippen LogP contribution is -2.32. The minimum atomic E-state index is -0.535. The van der Waals surface area contributed by atoms with Crippen LogP contribution in [0, 0.1) is 23.6 Å². The Balaban J connectivity index is 1.23. The number of aromatic nitrogens is 3. The van der Waals surface area contributed by atoms with Crippen LogP contribution in [0.5, 0.6) is 0 Å². The first kappa shape index (κ1) is 21.9. The highest BCUT2D eigenvalue weighted by Gasteiger charge is 2.56. The van der Waals surface area contributed by atoms with E-state index in [9.17, 15) is 14.0 Å². The number of nitrogens with zero attached hydrogens (tertiary/aromatic N) is 4. The number of anilines is 1. The second-order valence-electron chi connectivity index (χ2n) is 8.46. The molecule has 2 atom stereocenters. The maximum Gasteiger partial charge on any atom is 0.255 e. The molecule has 3 aromatic rings. The van der Waals surface area contributed by atoms with Gasteiger partial charge in [0.05, 0.1) is 11.9 Å². The van der Waals surface area contributed by atoms with Crippen LogP contribution in [0.25, 0.3) is 11.3 Å². The molecule has 1 N–H and O–H groups in total. The van der Waals surface area contributed by atoms with Gasteiger partial charge in [0, 0.05) is 60.1 Å². The van der Waals surface area contributed by atoms with E-state index >= 15 is 0 Å². The van der Waals surface area contributed by atoms with Crippen LogP contribution in [0.3, 0.4) is 0 Å². The first-order valence-electron chi connectivity index (χ1n) is 10.5. The zero-order chi connectivity index (χ0) is 23.3. The standard InChI is InChI=1S/C23H20Cl2FN5O2/c1-30-21(32)7-20(15-2-3-27-9-19(15)26)29-23(30)28-8-16-17-10-31(11-18(16)17)22(33)12-4-13(24)6-14(25)5-12/h2-7,9,16-18H,8,10-11H2,1H3,(H,28,29). The van der Waals surface area contributed by atoms with Crippen LogP contribution >= 0.6 is 23.2 Å². The topological polar surface area (TPSA) is 80.1 Å². The van der Waals surface area contributed by atoms with Crippen molar-refractivity contribution < 1.29 is 9.18 Å². The molecule has 1 saturated heterocycles. The second-order valence-corrected chi connectivity index (χ2v) is 9.33. The maximum atomic E-state index is 14.1. The number of carbonyl (C=O) groups excluding carboxylic acids is 1. The van der Waals surface area contributed by atoms with Crippen molar-refractivity contribution >= 4 is 35.1 Å². The number of carbonyl (C=O) groups is 1. The lowest BCUT2D eigenvalue weighted by molar-refractivity contribution is 0.0769. The summed E-state index contributed by atoms with van der Waals surface area (Å²) in [7, 11) is 1.62. The van der Waals surface area contributed by atoms with Gasteiger partial charge < -0.3 is 10.2 Å². The number of fused-ring (bicyclic) bond motifs is 1. The molecule has 0 radical (unpaired) electrons. The van der Waals surface area contributed by atoms with Gasteiger partial charge in [-0.05, 0) is 42.0 Å². The maximum absolute atomic E-state index is 14.1. The number of hydrogen-bond acceptors (Lipinski definition) is 5. The summed E-state index contributed by atoms with van der Waals surface area (Å²) in [6.45, 7) is 1.94. The van der Waals surface area contributed by atoms with Crippen molar-refractivity contribution in [3.8, 4) is 11.3 Å². The van der Waals surface area contributed by atoms with Crippen LogP contribution in [-0.4, -0.2) is 45.0 Å². The average Bonchev–Trinajstić information content (AvgIpc) is 3.22. The van der Waals surface area contributed by atoms with E-state index in [0.717, 1.165) is 6.20 Å². The molecule has 1 amide bonds. The smallest absolute Gasteiger partial charge is 0.255 e. The van der Waals surface area contributed by atoms with Gasteiger partial charge in [-0.25, -0.2) is 9.37 Å². The molecular weight excluding hydrogens is 468 g/mol. The van der Waals surface area contributed by atoms with Gasteiger partial charge in [0.1, 0.15) is 0 Å². The molecular formula is C23H20Cl2FN5O2. The number of rotatable bonds is 5. The van der Waals surface area contributed by atoms with E-state index in [0.29, 0.717) is 58.9 Å². The highest BCUT2D eigenvalue weighted by molar-refractivity contribution is 6.35. The summed E-state index contributed by atoms with van der Waals surface area (Å²) >= 11 is 12.1. The molecule has 2 unspecified atom stereocenters. The van der Waals surface area contributed by atoms with Crippen LogP contribution in [0.1, 0.15) is 10.4 Å². The van der Waals surface area contributed by atoms with Gasteiger partial charge in [0.2, 0.25) is 5.95 Å². The Labute approximate surface area is 199 Å². The third-order valence-electron chi connectivity index (χ3n) is 6.45. The molecule has 10 heteroatoms. The Morgan fingerprint density at radius 2 is 1.88 bits per heavy atom. The molecule has 2 aromatic heterocycles. The lowest BCUT2D eigenvalue weighted by atomic mass is 10.2. The van der Waals surface area contributed by atoms with Crippen molar-refractivity contribution in [2.24, 2.45) is 24.8 Å². The van der Waals surface area contributed by atoms with E-state index in [4.69, 9.17) is 23.2 Å². The van der Waals surface area contributed by atoms with Gasteiger partial charge >= 0.3 is 0 Å². The molecule has 7 nitrogen and oxygen atoms in total. The zero-order valence-electron chi connectivity index (χ0n) is 17.6. The number of hydrogen-bond donors (Lipinski definition) is 1. The minimum Gasteiger partial charge on any atom is -0.355 e. The summed E-state index contributed by atoms with van der Waals surface area (Å²) in [4.78, 5) is 35.2. The molecule has 170 valence electrons. The van der Waals surface area contributed by atoms with E-state index in [1.54, 1.807) is 25.2 Å². The van der Waals surface area contributed by atoms with Crippen molar-refractivity contribution in [2.45, 2.75) is 0 Å². The molecule has 0 spiro atoms. The largest absolute Gasteiger partial charge is 0.355 e. The summed E-state index contributed by atoms with van der Waals surface area (Å²) in [6, 6.07) is 7.65. The summed E-state index contributed by atoms with van der Waals surface area (Å²) in [6.07, 6.45) is 2.55. The molecule has 1 aliphatic carbocycles. The van der Waals surface area contributed by atoms with Gasteiger partial charge in [0.15, 0.2) is 5.82 Å². The molecule has 0 bridgehead atoms. The molecule has 1 aromatic carbocycles. The van der Waals surface area contributed by atoms with Crippen molar-refractivity contribution in [1.29, 1.82) is 0 Å². The van der Waals surface area contributed by atoms with Crippen molar-refractivity contribution in [1.82, 2.24) is 19.4 Å². The fourth-order valence-corrected chi connectivity index (χ4v) is 5.13. The Bertz CT molecular complexity index is 1280. The number of piperidine rings is 1. The number of pyridine rings is 1. The van der Waals surface area contributed by atoms with Gasteiger partial charge in [-0.1, -0.05) is 23.2 Å². The normalized spacial score (nSPS) is 21.1. The first-order chi connectivity index (χ1) is 15.8. The highest BCUT2D eigenvalue weighted by Crippen LogP contribution is 2.51. The Hall–Kier alpha value is -2.97. The predicted octanol–water partition coefficient (Wildman–Crippen LogP) is 3.72. The van der Waals surface area contributed by atoms with E-state index < -0.39 is 5.82 Å². The third kappa shape index (κ3) is 4.20. The van der Waals surface area contributed by atoms with Crippen LogP contribution < -0.4 is 10.9 Å². The molecule has 3 heterocycles. The number of benzene rings is 1. The third-order valence-corrected chi connectivity index (χ3v) is 6.88. The number of amides is 1. The fourth-order valence-electron chi connectivity index (χ4n) is 4.61. The second kappa shape index (κ2) is 8.43. The zero-order valence-corrected chi connectivity index (χ0v) is 19.1. The number of halogens is 3. The summed E-state index contributed by atoms with van der Waals surface area (Å²) in [5, 5.41) is 4.11. The van der Waals surface area contributed by atoms with Gasteiger partial charge in [0.25, 0.3) is 11.5 Å². The molecule has 33 heavy (non-hydrogen) atoms. The van der Waals surface area contributed by atoms with E-state index in [1.807, 2.05) is 4.90 Å². The van der Waals surface area contributed by atoms with Gasteiger partial charge in [-0.2, -0.15) is 0 Å². The molecule has 1 saturated carbocycles. The molecule has 1 aliphatic heterocycles. The summed E-state index contributed by atoms with van der Waals surface area (Å²) in [5.74, 6) is 0.902. The fraction of sp³-hybridized carbons (Fsp3) is 0.304. The quantitative estimate of drug-likeness (QED) is 0.593. The van der Waals surface area contributed by atoms with E-state index in [2.05, 4.69) is 15.3 Å².